The van der Waals surface area contributed by atoms with Gasteiger partial charge in [0.1, 0.15) is 5.52 Å². The predicted octanol–water partition coefficient (Wildman–Crippen LogP) is 10.7. The minimum atomic E-state index is 0.570. The van der Waals surface area contributed by atoms with E-state index >= 15 is 0 Å². The van der Waals surface area contributed by atoms with Crippen LogP contribution in [0.2, 0.25) is 0 Å². The highest BCUT2D eigenvalue weighted by atomic mass is 16.3. The highest BCUT2D eigenvalue weighted by Gasteiger charge is 2.19. The zero-order valence-corrected chi connectivity index (χ0v) is 25.2. The average Bonchev–Trinajstić information content (AvgIpc) is 3.60. The number of nitrogens with zero attached hydrogens (tertiary/aromatic N) is 4. The molecule has 220 valence electrons. The van der Waals surface area contributed by atoms with Crippen LogP contribution in [0.25, 0.3) is 89.4 Å². The number of rotatable bonds is 5. The van der Waals surface area contributed by atoms with Crippen LogP contribution < -0.4 is 0 Å². The molecule has 0 saturated heterocycles. The van der Waals surface area contributed by atoms with Crippen LogP contribution in [0.15, 0.2) is 162 Å². The SMILES string of the molecule is c1ccc(-c2ccc(-c3nc(-c4cccc5ccccc45)nc(-c4cccc5ccc6nc(-c7ccccc7)oc6c45)n3)cc2)cc1. The molecule has 2 heterocycles. The minimum absolute atomic E-state index is 0.570. The van der Waals surface area contributed by atoms with Gasteiger partial charge in [0, 0.05) is 27.6 Å². The normalized spacial score (nSPS) is 11.4. The Morgan fingerprint density at radius 3 is 1.72 bits per heavy atom. The molecule has 2 aromatic heterocycles. The van der Waals surface area contributed by atoms with E-state index in [-0.39, 0.29) is 0 Å². The number of hydrogen-bond donors (Lipinski definition) is 0. The van der Waals surface area contributed by atoms with Gasteiger partial charge in [-0.15, -0.1) is 0 Å². The molecule has 0 saturated carbocycles. The Labute approximate surface area is 270 Å². The van der Waals surface area contributed by atoms with Gasteiger partial charge in [-0.05, 0) is 45.5 Å². The van der Waals surface area contributed by atoms with Crippen molar-refractivity contribution in [3.05, 3.63) is 158 Å². The lowest BCUT2D eigenvalue weighted by atomic mass is 10.0. The molecule has 0 aliphatic carbocycles. The molecule has 9 aromatic rings. The second kappa shape index (κ2) is 11.2. The third kappa shape index (κ3) is 4.82. The third-order valence-corrected chi connectivity index (χ3v) is 8.58. The number of aromatic nitrogens is 4. The van der Waals surface area contributed by atoms with Crippen molar-refractivity contribution in [1.82, 2.24) is 19.9 Å². The first-order valence-corrected chi connectivity index (χ1v) is 15.6. The Bertz CT molecular complexity index is 2550. The first-order valence-electron chi connectivity index (χ1n) is 15.6. The molecule has 0 bridgehead atoms. The van der Waals surface area contributed by atoms with Gasteiger partial charge in [0.25, 0.3) is 0 Å². The van der Waals surface area contributed by atoms with Crippen LogP contribution in [-0.2, 0) is 0 Å². The lowest BCUT2D eigenvalue weighted by molar-refractivity contribution is 0.623. The van der Waals surface area contributed by atoms with Gasteiger partial charge < -0.3 is 4.42 Å². The van der Waals surface area contributed by atoms with Gasteiger partial charge in [-0.3, -0.25) is 0 Å². The molecule has 0 N–H and O–H groups in total. The van der Waals surface area contributed by atoms with Crippen molar-refractivity contribution in [2.24, 2.45) is 0 Å². The Hall–Kier alpha value is -6.46. The summed E-state index contributed by atoms with van der Waals surface area (Å²) in [5.74, 6) is 2.36. The van der Waals surface area contributed by atoms with Gasteiger partial charge in [-0.25, -0.2) is 19.9 Å². The van der Waals surface area contributed by atoms with E-state index in [2.05, 4.69) is 97.1 Å². The fourth-order valence-corrected chi connectivity index (χ4v) is 6.25. The van der Waals surface area contributed by atoms with E-state index in [1.54, 1.807) is 0 Å². The van der Waals surface area contributed by atoms with Crippen molar-refractivity contribution < 1.29 is 4.42 Å². The highest BCUT2D eigenvalue weighted by molar-refractivity contribution is 6.10. The molecule has 0 aliphatic heterocycles. The molecule has 0 amide bonds. The molecular formula is C42H26N4O. The molecule has 0 fully saturated rings. The lowest BCUT2D eigenvalue weighted by Gasteiger charge is -2.12. The van der Waals surface area contributed by atoms with Gasteiger partial charge in [-0.1, -0.05) is 140 Å². The maximum absolute atomic E-state index is 6.49. The quantitative estimate of drug-likeness (QED) is 0.196. The van der Waals surface area contributed by atoms with Crippen LogP contribution in [0.5, 0.6) is 0 Å². The van der Waals surface area contributed by atoms with E-state index in [1.165, 1.54) is 0 Å². The summed E-state index contributed by atoms with van der Waals surface area (Å²) in [6, 6.07) is 53.5. The summed E-state index contributed by atoms with van der Waals surface area (Å²) in [5.41, 5.74) is 7.42. The van der Waals surface area contributed by atoms with Crippen molar-refractivity contribution in [2.75, 3.05) is 0 Å². The van der Waals surface area contributed by atoms with Gasteiger partial charge in [0.2, 0.25) is 5.89 Å². The zero-order chi connectivity index (χ0) is 31.2. The maximum atomic E-state index is 6.49. The second-order valence-corrected chi connectivity index (χ2v) is 11.5. The predicted molar refractivity (Wildman–Crippen MR) is 190 cm³/mol. The van der Waals surface area contributed by atoms with Crippen molar-refractivity contribution >= 4 is 32.6 Å². The highest BCUT2D eigenvalue weighted by Crippen LogP contribution is 2.37. The Balaban J connectivity index is 1.27. The van der Waals surface area contributed by atoms with E-state index in [9.17, 15) is 0 Å². The fourth-order valence-electron chi connectivity index (χ4n) is 6.25. The summed E-state index contributed by atoms with van der Waals surface area (Å²) < 4.78 is 6.49. The van der Waals surface area contributed by atoms with Gasteiger partial charge >= 0.3 is 0 Å². The Morgan fingerprint density at radius 2 is 0.936 bits per heavy atom. The summed E-state index contributed by atoms with van der Waals surface area (Å²) in [6.45, 7) is 0. The van der Waals surface area contributed by atoms with E-state index in [1.807, 2.05) is 60.7 Å². The first kappa shape index (κ1) is 26.9. The van der Waals surface area contributed by atoms with E-state index in [4.69, 9.17) is 24.4 Å². The molecule has 0 spiro atoms. The summed E-state index contributed by atoms with van der Waals surface area (Å²) in [5, 5.41) is 4.15. The summed E-state index contributed by atoms with van der Waals surface area (Å²) >= 11 is 0. The van der Waals surface area contributed by atoms with Crippen molar-refractivity contribution in [3.8, 4) is 56.7 Å². The molecule has 0 atom stereocenters. The molecule has 9 rings (SSSR count). The van der Waals surface area contributed by atoms with Crippen molar-refractivity contribution in [1.29, 1.82) is 0 Å². The van der Waals surface area contributed by atoms with Gasteiger partial charge in [0.05, 0.1) is 0 Å². The Morgan fingerprint density at radius 1 is 0.362 bits per heavy atom. The number of fused-ring (bicyclic) bond motifs is 4. The molecule has 0 radical (unpaired) electrons. The topological polar surface area (TPSA) is 64.7 Å². The van der Waals surface area contributed by atoms with Crippen LogP contribution in [0.1, 0.15) is 0 Å². The molecule has 0 aliphatic rings. The molecular weight excluding hydrogens is 576 g/mol. The van der Waals surface area contributed by atoms with Crippen molar-refractivity contribution in [3.63, 3.8) is 0 Å². The minimum Gasteiger partial charge on any atom is -0.435 e. The summed E-state index contributed by atoms with van der Waals surface area (Å²) in [7, 11) is 0. The van der Waals surface area contributed by atoms with E-state index in [0.717, 1.165) is 60.4 Å². The summed E-state index contributed by atoms with van der Waals surface area (Å²) in [4.78, 5) is 20.2. The average molecular weight is 603 g/mol. The lowest BCUT2D eigenvalue weighted by Crippen LogP contribution is -2.01. The van der Waals surface area contributed by atoms with Crippen LogP contribution >= 0.6 is 0 Å². The van der Waals surface area contributed by atoms with Crippen LogP contribution in [0, 0.1) is 0 Å². The standard InChI is InChI=1S/C42H26N4O/c1-3-11-27(12-4-1)28-21-23-31(24-22-28)39-44-40(34-19-9-16-29-13-7-8-18-33(29)34)46-41(45-39)35-20-10-17-30-25-26-36-38(37(30)35)47-42(43-36)32-14-5-2-6-15-32/h1-26H. The molecule has 5 heteroatoms. The molecule has 5 nitrogen and oxygen atoms in total. The van der Waals surface area contributed by atoms with Crippen LogP contribution in [-0.4, -0.2) is 19.9 Å². The van der Waals surface area contributed by atoms with E-state index in [0.29, 0.717) is 28.9 Å². The number of benzene rings is 7. The fraction of sp³-hybridized carbons (Fsp3) is 0. The molecule has 47 heavy (non-hydrogen) atoms. The van der Waals surface area contributed by atoms with Crippen LogP contribution in [0.3, 0.4) is 0 Å². The van der Waals surface area contributed by atoms with Gasteiger partial charge in [0.15, 0.2) is 23.1 Å². The van der Waals surface area contributed by atoms with Crippen molar-refractivity contribution in [2.45, 2.75) is 0 Å². The van der Waals surface area contributed by atoms with E-state index < -0.39 is 0 Å². The molecule has 0 unspecified atom stereocenters. The zero-order valence-electron chi connectivity index (χ0n) is 25.2. The third-order valence-electron chi connectivity index (χ3n) is 8.58. The number of oxazole rings is 1. The maximum Gasteiger partial charge on any atom is 0.227 e. The van der Waals surface area contributed by atoms with Gasteiger partial charge in [-0.2, -0.15) is 0 Å². The smallest absolute Gasteiger partial charge is 0.227 e. The van der Waals surface area contributed by atoms with Crippen LogP contribution in [0.4, 0.5) is 0 Å². The Kier molecular flexibility index (Phi) is 6.39. The second-order valence-electron chi connectivity index (χ2n) is 11.5. The summed E-state index contributed by atoms with van der Waals surface area (Å²) in [6.07, 6.45) is 0. The first-order chi connectivity index (χ1) is 23.3. The molecule has 7 aromatic carbocycles. The monoisotopic (exact) mass is 602 g/mol. The largest absolute Gasteiger partial charge is 0.435 e. The number of hydrogen-bond acceptors (Lipinski definition) is 5.